The van der Waals surface area contributed by atoms with Crippen molar-refractivity contribution in [2.45, 2.75) is 57.9 Å². The van der Waals surface area contributed by atoms with Gasteiger partial charge in [0, 0.05) is 40.8 Å². The Morgan fingerprint density at radius 1 is 1.06 bits per heavy atom. The first-order valence-electron chi connectivity index (χ1n) is 11.9. The topological polar surface area (TPSA) is 64.5 Å². The van der Waals surface area contributed by atoms with Crippen LogP contribution in [0, 0.1) is 0 Å². The largest absolute Gasteiger partial charge is 0.454 e. The molecule has 1 aromatic heterocycles. The fourth-order valence-electron chi connectivity index (χ4n) is 4.80. The lowest BCUT2D eigenvalue weighted by Crippen LogP contribution is -2.27. The number of hydrogen-bond acceptors (Lipinski definition) is 4. The smallest absolute Gasteiger partial charge is 0.235 e. The van der Waals surface area contributed by atoms with Gasteiger partial charge in [-0.05, 0) is 61.3 Å². The summed E-state index contributed by atoms with van der Waals surface area (Å²) in [6, 6.07) is 14.4. The van der Waals surface area contributed by atoms with Crippen molar-refractivity contribution in [2.24, 2.45) is 0 Å². The van der Waals surface area contributed by atoms with Crippen LogP contribution in [0.2, 0.25) is 0 Å². The van der Waals surface area contributed by atoms with Gasteiger partial charge >= 0.3 is 0 Å². The zero-order chi connectivity index (χ0) is 23.2. The second-order valence-corrected chi connectivity index (χ2v) is 10.2. The number of amides is 1. The number of fused-ring (bicyclic) bond motifs is 2. The Morgan fingerprint density at radius 2 is 1.85 bits per heavy atom. The van der Waals surface area contributed by atoms with Crippen molar-refractivity contribution in [1.82, 2.24) is 9.88 Å². The summed E-state index contributed by atoms with van der Waals surface area (Å²) < 4.78 is 13.3. The Morgan fingerprint density at radius 3 is 2.58 bits per heavy atom. The number of nitrogens with zero attached hydrogens (tertiary/aromatic N) is 1. The fourth-order valence-corrected chi connectivity index (χ4v) is 4.80. The first-order valence-corrected chi connectivity index (χ1v) is 11.9. The molecule has 0 bridgehead atoms. The van der Waals surface area contributed by atoms with Gasteiger partial charge in [0.2, 0.25) is 12.7 Å². The lowest BCUT2D eigenvalue weighted by Gasteiger charge is -2.22. The molecule has 0 spiro atoms. The van der Waals surface area contributed by atoms with Crippen LogP contribution in [-0.4, -0.2) is 30.4 Å². The average molecular weight is 448 g/mol. The summed E-state index contributed by atoms with van der Waals surface area (Å²) in [6.07, 6.45) is 1.69. The van der Waals surface area contributed by atoms with Crippen molar-refractivity contribution in [3.05, 3.63) is 53.7 Å². The van der Waals surface area contributed by atoms with Gasteiger partial charge < -0.3 is 24.7 Å². The number of likely N-dealkylation sites (N-methyl/N-ethyl adjacent to an activating group) is 1. The highest BCUT2D eigenvalue weighted by molar-refractivity contribution is 6.02. The summed E-state index contributed by atoms with van der Waals surface area (Å²) in [5.41, 5.74) is 3.89. The van der Waals surface area contributed by atoms with E-state index in [-0.39, 0.29) is 18.1 Å². The summed E-state index contributed by atoms with van der Waals surface area (Å²) in [5, 5.41) is 7.77. The molecule has 0 radical (unpaired) electrons. The highest BCUT2D eigenvalue weighted by Gasteiger charge is 2.51. The number of ether oxygens (including phenoxy) is 2. The minimum absolute atomic E-state index is 0.0338. The van der Waals surface area contributed by atoms with Crippen LogP contribution in [-0.2, 0) is 22.2 Å². The second kappa shape index (κ2) is 8.10. The molecule has 2 N–H and O–H groups in total. The Kier molecular flexibility index (Phi) is 5.36. The van der Waals surface area contributed by atoms with Crippen LogP contribution in [0.15, 0.2) is 42.5 Å². The SMILES string of the molecule is CCNCCn1c(C(C)(C)C)cc2cc(NC(=O)C3(c4ccc5c(c4)OCO5)CC3)ccc21. The summed E-state index contributed by atoms with van der Waals surface area (Å²) in [6.45, 7) is 11.9. The van der Waals surface area contributed by atoms with E-state index in [0.29, 0.717) is 0 Å². The van der Waals surface area contributed by atoms with Crippen molar-refractivity contribution < 1.29 is 14.3 Å². The molecule has 6 heteroatoms. The molecular weight excluding hydrogens is 414 g/mol. The van der Waals surface area contributed by atoms with E-state index in [0.717, 1.165) is 60.6 Å². The number of carbonyl (C=O) groups is 1. The standard InChI is InChI=1S/C27H33N3O3/c1-5-28-12-13-30-21-8-7-20(14-18(21)15-24(30)26(2,3)4)29-25(31)27(10-11-27)19-6-9-22-23(16-19)33-17-32-22/h6-9,14-16,28H,5,10-13,17H2,1-4H3,(H,29,31). The van der Waals surface area contributed by atoms with E-state index in [9.17, 15) is 4.79 Å². The monoisotopic (exact) mass is 447 g/mol. The lowest BCUT2D eigenvalue weighted by molar-refractivity contribution is -0.118. The van der Waals surface area contributed by atoms with Crippen LogP contribution in [0.5, 0.6) is 11.5 Å². The predicted molar refractivity (Wildman–Crippen MR) is 131 cm³/mol. The fraction of sp³-hybridized carbons (Fsp3) is 0.444. The Balaban J connectivity index is 1.40. The van der Waals surface area contributed by atoms with Gasteiger partial charge in [0.1, 0.15) is 0 Å². The number of carbonyl (C=O) groups excluding carboxylic acids is 1. The first-order chi connectivity index (χ1) is 15.8. The van der Waals surface area contributed by atoms with Crippen molar-refractivity contribution >= 4 is 22.5 Å². The number of aromatic nitrogens is 1. The third-order valence-corrected chi connectivity index (χ3v) is 6.80. The van der Waals surface area contributed by atoms with E-state index in [1.807, 2.05) is 24.3 Å². The van der Waals surface area contributed by atoms with Crippen LogP contribution in [0.1, 0.15) is 51.8 Å². The zero-order valence-electron chi connectivity index (χ0n) is 20.0. The lowest BCUT2D eigenvalue weighted by atomic mass is 9.92. The highest BCUT2D eigenvalue weighted by Crippen LogP contribution is 2.51. The van der Waals surface area contributed by atoms with Gasteiger partial charge in [-0.2, -0.15) is 0 Å². The second-order valence-electron chi connectivity index (χ2n) is 10.2. The number of nitrogens with one attached hydrogen (secondary N) is 2. The normalized spacial score (nSPS) is 16.2. The molecule has 2 heterocycles. The average Bonchev–Trinajstić information content (AvgIpc) is 3.31. The predicted octanol–water partition coefficient (Wildman–Crippen LogP) is 4.95. The number of hydrogen-bond donors (Lipinski definition) is 2. The van der Waals surface area contributed by atoms with Gasteiger partial charge in [-0.3, -0.25) is 4.79 Å². The zero-order valence-corrected chi connectivity index (χ0v) is 20.0. The molecule has 2 aliphatic rings. The molecule has 0 atom stereocenters. The maximum Gasteiger partial charge on any atom is 0.235 e. The van der Waals surface area contributed by atoms with Gasteiger partial charge in [0.05, 0.1) is 5.41 Å². The molecule has 3 aromatic rings. The summed E-state index contributed by atoms with van der Waals surface area (Å²) in [4.78, 5) is 13.3. The Bertz CT molecular complexity index is 1200. The van der Waals surface area contributed by atoms with E-state index in [2.05, 4.69) is 61.1 Å². The molecule has 174 valence electrons. The molecule has 0 saturated heterocycles. The van der Waals surface area contributed by atoms with Crippen LogP contribution in [0.3, 0.4) is 0 Å². The van der Waals surface area contributed by atoms with Gasteiger partial charge in [-0.15, -0.1) is 0 Å². The van der Waals surface area contributed by atoms with Crippen LogP contribution in [0.4, 0.5) is 5.69 Å². The molecule has 6 nitrogen and oxygen atoms in total. The Hall–Kier alpha value is -2.99. The van der Waals surface area contributed by atoms with E-state index < -0.39 is 5.41 Å². The van der Waals surface area contributed by atoms with E-state index in [4.69, 9.17) is 9.47 Å². The molecule has 1 amide bonds. The first kappa shape index (κ1) is 21.8. The molecular formula is C27H33N3O3. The number of benzene rings is 2. The third kappa shape index (κ3) is 3.97. The molecule has 1 saturated carbocycles. The summed E-state index contributed by atoms with van der Waals surface area (Å²) in [7, 11) is 0. The van der Waals surface area contributed by atoms with Crippen molar-refractivity contribution in [1.29, 1.82) is 0 Å². The number of rotatable bonds is 7. The molecule has 1 aliphatic carbocycles. The van der Waals surface area contributed by atoms with Crippen LogP contribution < -0.4 is 20.1 Å². The maximum atomic E-state index is 13.3. The van der Waals surface area contributed by atoms with Gasteiger partial charge in [0.15, 0.2) is 11.5 Å². The van der Waals surface area contributed by atoms with Gasteiger partial charge in [0.25, 0.3) is 0 Å². The summed E-state index contributed by atoms with van der Waals surface area (Å²) in [5.74, 6) is 1.51. The van der Waals surface area contributed by atoms with Gasteiger partial charge in [-0.25, -0.2) is 0 Å². The third-order valence-electron chi connectivity index (χ3n) is 6.80. The molecule has 1 fully saturated rings. The van der Waals surface area contributed by atoms with Crippen molar-refractivity contribution in [2.75, 3.05) is 25.2 Å². The van der Waals surface area contributed by atoms with Crippen LogP contribution in [0.25, 0.3) is 10.9 Å². The van der Waals surface area contributed by atoms with Crippen molar-refractivity contribution in [3.63, 3.8) is 0 Å². The Labute approximate surface area is 195 Å². The van der Waals surface area contributed by atoms with E-state index in [1.165, 1.54) is 11.2 Å². The maximum absolute atomic E-state index is 13.3. The van der Waals surface area contributed by atoms with E-state index >= 15 is 0 Å². The minimum Gasteiger partial charge on any atom is -0.454 e. The highest BCUT2D eigenvalue weighted by atomic mass is 16.7. The number of anilines is 1. The van der Waals surface area contributed by atoms with Gasteiger partial charge in [-0.1, -0.05) is 33.8 Å². The quantitative estimate of drug-likeness (QED) is 0.503. The molecule has 2 aromatic carbocycles. The molecule has 33 heavy (non-hydrogen) atoms. The van der Waals surface area contributed by atoms with Crippen molar-refractivity contribution in [3.8, 4) is 11.5 Å². The summed E-state index contributed by atoms with van der Waals surface area (Å²) >= 11 is 0. The van der Waals surface area contributed by atoms with E-state index in [1.54, 1.807) is 0 Å². The molecule has 5 rings (SSSR count). The minimum atomic E-state index is -0.482. The van der Waals surface area contributed by atoms with Crippen LogP contribution >= 0.6 is 0 Å². The molecule has 0 unspecified atom stereocenters. The molecule has 1 aliphatic heterocycles.